The summed E-state index contributed by atoms with van der Waals surface area (Å²) < 4.78 is 28.0. The molecule has 0 unspecified atom stereocenters. The van der Waals surface area contributed by atoms with Crippen LogP contribution in [0.25, 0.3) is 0 Å². The molecule has 1 fully saturated rings. The molecule has 0 bridgehead atoms. The van der Waals surface area contributed by atoms with Gasteiger partial charge in [0.05, 0.1) is 12.1 Å². The van der Waals surface area contributed by atoms with E-state index in [0.717, 1.165) is 35.7 Å². The van der Waals surface area contributed by atoms with Crippen LogP contribution in [0.4, 0.5) is 14.5 Å². The highest BCUT2D eigenvalue weighted by Gasteiger charge is 2.25. The SMILES string of the molecule is CCCN(CCC)C(=O)c1cc(C)cc(C(=O)N[C@@H](Cc2cc(F)cc(F)c2)[C@H](O)CNCc2cccc(NC3CC3)c2)c1. The molecule has 0 spiro atoms. The maximum Gasteiger partial charge on any atom is 0.253 e. The zero-order valence-electron chi connectivity index (χ0n) is 25.8. The zero-order valence-corrected chi connectivity index (χ0v) is 25.8. The fraction of sp³-hybridized carbons (Fsp3) is 0.429. The molecule has 2 amide bonds. The number of halogens is 2. The van der Waals surface area contributed by atoms with Crippen LogP contribution in [0.2, 0.25) is 0 Å². The van der Waals surface area contributed by atoms with Crippen LogP contribution in [0.5, 0.6) is 0 Å². The van der Waals surface area contributed by atoms with Gasteiger partial charge in [-0.2, -0.15) is 0 Å². The third kappa shape index (κ3) is 9.86. The van der Waals surface area contributed by atoms with Gasteiger partial charge in [0.2, 0.25) is 0 Å². The van der Waals surface area contributed by atoms with Gasteiger partial charge in [-0.3, -0.25) is 9.59 Å². The van der Waals surface area contributed by atoms with Crippen molar-refractivity contribution in [1.82, 2.24) is 15.5 Å². The Morgan fingerprint density at radius 1 is 0.932 bits per heavy atom. The van der Waals surface area contributed by atoms with Crippen molar-refractivity contribution in [3.63, 3.8) is 0 Å². The van der Waals surface area contributed by atoms with E-state index in [2.05, 4.69) is 22.0 Å². The van der Waals surface area contributed by atoms with Crippen LogP contribution in [0.15, 0.2) is 60.7 Å². The van der Waals surface area contributed by atoms with Crippen LogP contribution in [-0.2, 0) is 13.0 Å². The molecule has 0 aromatic heterocycles. The normalized spacial score (nSPS) is 14.1. The van der Waals surface area contributed by atoms with Gasteiger partial charge in [0, 0.05) is 55.1 Å². The summed E-state index contributed by atoms with van der Waals surface area (Å²) in [6.07, 6.45) is 2.92. The average Bonchev–Trinajstić information content (AvgIpc) is 3.79. The molecule has 44 heavy (non-hydrogen) atoms. The number of aryl methyl sites for hydroxylation is 1. The van der Waals surface area contributed by atoms with Gasteiger partial charge in [-0.1, -0.05) is 26.0 Å². The highest BCUT2D eigenvalue weighted by atomic mass is 19.1. The van der Waals surface area contributed by atoms with E-state index in [-0.39, 0.29) is 24.4 Å². The number of aliphatic hydroxyl groups excluding tert-OH is 1. The lowest BCUT2D eigenvalue weighted by atomic mass is 9.99. The third-order valence-electron chi connectivity index (χ3n) is 7.58. The molecule has 0 aliphatic heterocycles. The summed E-state index contributed by atoms with van der Waals surface area (Å²) in [5, 5.41) is 20.8. The Hall–Kier alpha value is -3.82. The van der Waals surface area contributed by atoms with Crippen molar-refractivity contribution < 1.29 is 23.5 Å². The number of benzene rings is 3. The Bertz CT molecular complexity index is 1400. The van der Waals surface area contributed by atoms with Gasteiger partial charge in [-0.15, -0.1) is 0 Å². The standard InChI is InChI=1S/C35H44F2N4O3/c1-4-11-41(12-5-2)35(44)27-14-23(3)13-26(19-27)34(43)40-32(18-25-15-28(36)20-29(37)16-25)33(42)22-38-21-24-7-6-8-31(17-24)39-30-9-10-30/h6-8,13-17,19-20,30,32-33,38-39,42H,4-5,9-12,18,21-22H2,1-3H3,(H,40,43)/t32-,33+/m0/s1. The van der Waals surface area contributed by atoms with E-state index >= 15 is 0 Å². The Labute approximate surface area is 259 Å². The topological polar surface area (TPSA) is 93.7 Å². The van der Waals surface area contributed by atoms with Crippen molar-refractivity contribution >= 4 is 17.5 Å². The van der Waals surface area contributed by atoms with E-state index in [1.54, 1.807) is 23.1 Å². The number of aliphatic hydroxyl groups is 1. The van der Waals surface area contributed by atoms with Gasteiger partial charge < -0.3 is 26.0 Å². The van der Waals surface area contributed by atoms with E-state index in [0.29, 0.717) is 36.8 Å². The number of carbonyl (C=O) groups is 2. The molecule has 1 aliphatic carbocycles. The second-order valence-corrected chi connectivity index (χ2v) is 11.8. The van der Waals surface area contributed by atoms with Crippen molar-refractivity contribution in [3.8, 4) is 0 Å². The highest BCUT2D eigenvalue weighted by Crippen LogP contribution is 2.25. The van der Waals surface area contributed by atoms with Gasteiger partial charge in [0.25, 0.3) is 11.8 Å². The molecule has 2 atom stereocenters. The fourth-order valence-electron chi connectivity index (χ4n) is 5.33. The van der Waals surface area contributed by atoms with E-state index in [9.17, 15) is 23.5 Å². The summed E-state index contributed by atoms with van der Waals surface area (Å²) in [5.41, 5.74) is 3.83. The predicted octanol–water partition coefficient (Wildman–Crippen LogP) is 5.60. The fourth-order valence-corrected chi connectivity index (χ4v) is 5.33. The van der Waals surface area contributed by atoms with Crippen LogP contribution in [0.1, 0.15) is 76.9 Å². The van der Waals surface area contributed by atoms with Crippen LogP contribution < -0.4 is 16.0 Å². The van der Waals surface area contributed by atoms with Gasteiger partial charge in [0.15, 0.2) is 0 Å². The van der Waals surface area contributed by atoms with Gasteiger partial charge in [0.1, 0.15) is 11.6 Å². The van der Waals surface area contributed by atoms with Crippen LogP contribution in [0.3, 0.4) is 0 Å². The molecule has 1 aliphatic rings. The van der Waals surface area contributed by atoms with Crippen molar-refractivity contribution in [1.29, 1.82) is 0 Å². The highest BCUT2D eigenvalue weighted by molar-refractivity contribution is 6.00. The summed E-state index contributed by atoms with van der Waals surface area (Å²) in [6.45, 7) is 7.70. The molecule has 7 nitrogen and oxygen atoms in total. The minimum absolute atomic E-state index is 0.00242. The number of nitrogens with one attached hydrogen (secondary N) is 3. The molecule has 9 heteroatoms. The largest absolute Gasteiger partial charge is 0.390 e. The number of anilines is 1. The molecule has 1 saturated carbocycles. The maximum absolute atomic E-state index is 14.0. The maximum atomic E-state index is 14.0. The molecular weight excluding hydrogens is 562 g/mol. The van der Waals surface area contributed by atoms with Crippen LogP contribution >= 0.6 is 0 Å². The van der Waals surface area contributed by atoms with E-state index in [1.807, 2.05) is 39.0 Å². The summed E-state index contributed by atoms with van der Waals surface area (Å²) in [6, 6.07) is 15.9. The smallest absolute Gasteiger partial charge is 0.253 e. The Morgan fingerprint density at radius 2 is 1.61 bits per heavy atom. The van der Waals surface area contributed by atoms with Crippen molar-refractivity contribution in [2.75, 3.05) is 25.0 Å². The number of amides is 2. The second-order valence-electron chi connectivity index (χ2n) is 11.8. The third-order valence-corrected chi connectivity index (χ3v) is 7.58. The number of hydrogen-bond acceptors (Lipinski definition) is 5. The Kier molecular flexibility index (Phi) is 11.9. The molecular formula is C35H44F2N4O3. The number of nitrogens with zero attached hydrogens (tertiary/aromatic N) is 1. The zero-order chi connectivity index (χ0) is 31.6. The molecule has 3 aromatic carbocycles. The second kappa shape index (κ2) is 15.8. The molecule has 236 valence electrons. The molecule has 4 N–H and O–H groups in total. The Balaban J connectivity index is 1.48. The van der Waals surface area contributed by atoms with E-state index in [1.165, 1.54) is 25.0 Å². The summed E-state index contributed by atoms with van der Waals surface area (Å²) in [5.74, 6) is -2.09. The predicted molar refractivity (Wildman–Crippen MR) is 170 cm³/mol. The number of hydrogen-bond donors (Lipinski definition) is 4. The van der Waals surface area contributed by atoms with Gasteiger partial charge in [-0.05, 0) is 98.2 Å². The summed E-state index contributed by atoms with van der Waals surface area (Å²) in [4.78, 5) is 28.6. The summed E-state index contributed by atoms with van der Waals surface area (Å²) >= 11 is 0. The van der Waals surface area contributed by atoms with Gasteiger partial charge in [-0.25, -0.2) is 8.78 Å². The number of rotatable bonds is 16. The van der Waals surface area contributed by atoms with E-state index < -0.39 is 29.7 Å². The first-order valence-electron chi connectivity index (χ1n) is 15.6. The molecule has 0 saturated heterocycles. The minimum Gasteiger partial charge on any atom is -0.390 e. The molecule has 0 radical (unpaired) electrons. The first-order chi connectivity index (χ1) is 21.1. The van der Waals surface area contributed by atoms with E-state index in [4.69, 9.17) is 0 Å². The first kappa shape index (κ1) is 33.1. The minimum atomic E-state index is -1.08. The molecule has 0 heterocycles. The lowest BCUT2D eigenvalue weighted by Gasteiger charge is -2.25. The molecule has 4 rings (SSSR count). The number of carbonyl (C=O) groups excluding carboxylic acids is 2. The monoisotopic (exact) mass is 606 g/mol. The van der Waals surface area contributed by atoms with Crippen molar-refractivity contribution in [3.05, 3.63) is 100 Å². The van der Waals surface area contributed by atoms with Crippen molar-refractivity contribution in [2.24, 2.45) is 0 Å². The van der Waals surface area contributed by atoms with Crippen LogP contribution in [0, 0.1) is 18.6 Å². The Morgan fingerprint density at radius 3 is 2.27 bits per heavy atom. The first-order valence-corrected chi connectivity index (χ1v) is 15.6. The van der Waals surface area contributed by atoms with Crippen molar-refractivity contribution in [2.45, 2.75) is 77.6 Å². The lowest BCUT2D eigenvalue weighted by Crippen LogP contribution is -2.48. The summed E-state index contributed by atoms with van der Waals surface area (Å²) in [7, 11) is 0. The lowest BCUT2D eigenvalue weighted by molar-refractivity contribution is 0.0755. The quantitative estimate of drug-likeness (QED) is 0.170. The average molecular weight is 607 g/mol. The van der Waals surface area contributed by atoms with Crippen LogP contribution in [-0.4, -0.2) is 59.6 Å². The molecule has 3 aromatic rings. The van der Waals surface area contributed by atoms with Gasteiger partial charge >= 0.3 is 0 Å².